The fraction of sp³-hybridized carbons (Fsp3) is 0.417. The van der Waals surface area contributed by atoms with E-state index in [4.69, 9.17) is 9.47 Å². The zero-order valence-electron chi connectivity index (χ0n) is 18.8. The summed E-state index contributed by atoms with van der Waals surface area (Å²) < 4.78 is 12.5. The van der Waals surface area contributed by atoms with Gasteiger partial charge in [0.1, 0.15) is 17.6 Å². The van der Waals surface area contributed by atoms with Crippen LogP contribution in [0.1, 0.15) is 32.3 Å². The number of nitriles is 1. The molecule has 1 aliphatic heterocycles. The molecule has 4 heterocycles. The minimum absolute atomic E-state index is 0.217. The van der Waals surface area contributed by atoms with Gasteiger partial charge in [0.15, 0.2) is 0 Å². The number of pyridine rings is 2. The summed E-state index contributed by atoms with van der Waals surface area (Å²) in [7, 11) is 0. The molecule has 172 valence electrons. The van der Waals surface area contributed by atoms with E-state index in [1.54, 1.807) is 30.0 Å². The van der Waals surface area contributed by atoms with E-state index in [0.717, 1.165) is 16.9 Å². The first-order valence-electron chi connectivity index (χ1n) is 11.1. The number of aliphatic hydroxyl groups is 1. The third-order valence-electron chi connectivity index (χ3n) is 6.13. The minimum atomic E-state index is -0.840. The minimum Gasteiger partial charge on any atom is -0.492 e. The summed E-state index contributed by atoms with van der Waals surface area (Å²) in [5, 5.41) is 23.7. The summed E-state index contributed by atoms with van der Waals surface area (Å²) in [5.74, 6) is 1.12. The molecule has 1 fully saturated rings. The molecule has 3 aromatic rings. The van der Waals surface area contributed by atoms with Gasteiger partial charge in [-0.1, -0.05) is 0 Å². The number of carbonyl (C=O) groups is 1. The maximum atomic E-state index is 12.4. The highest BCUT2D eigenvalue weighted by Crippen LogP contribution is 2.35. The molecule has 0 aromatic carbocycles. The van der Waals surface area contributed by atoms with Crippen molar-refractivity contribution in [1.82, 2.24) is 14.6 Å². The molecular weight excluding hydrogens is 422 g/mol. The molecule has 9 heteroatoms. The maximum Gasteiger partial charge on any atom is 0.314 e. The van der Waals surface area contributed by atoms with Crippen LogP contribution in [0.25, 0.3) is 16.6 Å². The molecule has 0 amide bonds. The van der Waals surface area contributed by atoms with Crippen molar-refractivity contribution in [3.8, 4) is 22.9 Å². The molecular formula is C24H27N5O4. The first-order chi connectivity index (χ1) is 16.0. The fourth-order valence-corrected chi connectivity index (χ4v) is 4.25. The topological polar surface area (TPSA) is 113 Å². The van der Waals surface area contributed by atoms with Crippen molar-refractivity contribution in [2.24, 2.45) is 5.41 Å². The van der Waals surface area contributed by atoms with Crippen LogP contribution in [-0.4, -0.2) is 58.6 Å². The van der Waals surface area contributed by atoms with Crippen LogP contribution in [0.3, 0.4) is 0 Å². The van der Waals surface area contributed by atoms with E-state index in [0.29, 0.717) is 56.0 Å². The van der Waals surface area contributed by atoms with Crippen LogP contribution in [-0.2, 0) is 9.53 Å². The van der Waals surface area contributed by atoms with Crippen LogP contribution in [0.2, 0.25) is 0 Å². The van der Waals surface area contributed by atoms with Crippen molar-refractivity contribution in [3.63, 3.8) is 0 Å². The molecule has 33 heavy (non-hydrogen) atoms. The lowest BCUT2D eigenvalue weighted by molar-refractivity contribution is -0.159. The van der Waals surface area contributed by atoms with Crippen LogP contribution in [0, 0.1) is 16.7 Å². The SMILES string of the molecule is CCOC(=O)C1(CO)CCN(c2ccc(-c3cc(OCC)cn4ncc(C#N)c34)cn2)CC1. The number of rotatable bonds is 7. The van der Waals surface area contributed by atoms with Gasteiger partial charge in [-0.05, 0) is 44.9 Å². The molecule has 1 N–H and O–H groups in total. The Morgan fingerprint density at radius 2 is 2.03 bits per heavy atom. The molecule has 0 bridgehead atoms. The third kappa shape index (κ3) is 4.22. The average molecular weight is 450 g/mol. The Balaban J connectivity index is 1.59. The van der Waals surface area contributed by atoms with Crippen molar-refractivity contribution in [2.45, 2.75) is 26.7 Å². The summed E-state index contributed by atoms with van der Waals surface area (Å²) >= 11 is 0. The predicted molar refractivity (Wildman–Crippen MR) is 122 cm³/mol. The van der Waals surface area contributed by atoms with Crippen LogP contribution in [0.4, 0.5) is 5.82 Å². The number of aliphatic hydroxyl groups excluding tert-OH is 1. The molecule has 0 aliphatic carbocycles. The number of piperidine rings is 1. The molecule has 4 rings (SSSR count). The van der Waals surface area contributed by atoms with Crippen LogP contribution in [0.15, 0.2) is 36.8 Å². The second-order valence-electron chi connectivity index (χ2n) is 8.04. The summed E-state index contributed by atoms with van der Waals surface area (Å²) in [6, 6.07) is 7.98. The summed E-state index contributed by atoms with van der Waals surface area (Å²) in [6.07, 6.45) is 6.08. The van der Waals surface area contributed by atoms with Crippen molar-refractivity contribution >= 4 is 17.3 Å². The lowest BCUT2D eigenvalue weighted by Gasteiger charge is -2.39. The van der Waals surface area contributed by atoms with Gasteiger partial charge in [0, 0.05) is 30.4 Å². The lowest BCUT2D eigenvalue weighted by atomic mass is 9.79. The standard InChI is InChI=1S/C24H27N5O4/c1-3-32-19-11-20(22-18(12-25)14-27-29(22)15-19)17-5-6-21(26-13-17)28-9-7-24(16-30,8-10-28)23(31)33-4-2/h5-6,11,13-15,30H,3-4,7-10,16H2,1-2H3. The number of nitrogens with zero attached hydrogens (tertiary/aromatic N) is 5. The Hall–Kier alpha value is -3.64. The van der Waals surface area contributed by atoms with Gasteiger partial charge in [-0.25, -0.2) is 9.50 Å². The van der Waals surface area contributed by atoms with Crippen molar-refractivity contribution in [1.29, 1.82) is 5.26 Å². The molecule has 0 unspecified atom stereocenters. The molecule has 0 atom stereocenters. The Kier molecular flexibility index (Phi) is 6.47. The van der Waals surface area contributed by atoms with Gasteiger partial charge in [0.25, 0.3) is 0 Å². The summed E-state index contributed by atoms with van der Waals surface area (Å²) in [5.41, 5.74) is 2.00. The first kappa shape index (κ1) is 22.6. The van der Waals surface area contributed by atoms with Gasteiger partial charge in [0.2, 0.25) is 0 Å². The molecule has 9 nitrogen and oxygen atoms in total. The zero-order valence-corrected chi connectivity index (χ0v) is 18.8. The van der Waals surface area contributed by atoms with E-state index in [2.05, 4.69) is 21.1 Å². The Bertz CT molecular complexity index is 1170. The Morgan fingerprint density at radius 1 is 1.24 bits per heavy atom. The summed E-state index contributed by atoms with van der Waals surface area (Å²) in [6.45, 7) is 5.47. The van der Waals surface area contributed by atoms with Crippen LogP contribution >= 0.6 is 0 Å². The molecule has 3 aromatic heterocycles. The Labute approximate surface area is 192 Å². The number of ether oxygens (including phenoxy) is 2. The quantitative estimate of drug-likeness (QED) is 0.548. The van der Waals surface area contributed by atoms with E-state index in [1.165, 1.54) is 0 Å². The highest BCUT2D eigenvalue weighted by molar-refractivity contribution is 5.85. The lowest BCUT2D eigenvalue weighted by Crippen LogP contribution is -2.47. The van der Waals surface area contributed by atoms with Crippen LogP contribution in [0.5, 0.6) is 5.75 Å². The van der Waals surface area contributed by atoms with E-state index < -0.39 is 5.41 Å². The Morgan fingerprint density at radius 3 is 2.64 bits per heavy atom. The zero-order chi connectivity index (χ0) is 23.4. The van der Waals surface area contributed by atoms with Crippen LogP contribution < -0.4 is 9.64 Å². The molecule has 1 saturated heterocycles. The van der Waals surface area contributed by atoms with E-state index >= 15 is 0 Å². The number of anilines is 1. The van der Waals surface area contributed by atoms with E-state index in [9.17, 15) is 15.2 Å². The number of esters is 1. The molecule has 0 spiro atoms. The summed E-state index contributed by atoms with van der Waals surface area (Å²) in [4.78, 5) is 19.1. The van der Waals surface area contributed by atoms with Gasteiger partial charge in [-0.3, -0.25) is 4.79 Å². The second-order valence-corrected chi connectivity index (χ2v) is 8.04. The predicted octanol–water partition coefficient (Wildman–Crippen LogP) is 2.81. The van der Waals surface area contributed by atoms with Crippen molar-refractivity contribution < 1.29 is 19.4 Å². The highest BCUT2D eigenvalue weighted by atomic mass is 16.5. The molecule has 1 aliphatic rings. The van der Waals surface area contributed by atoms with Gasteiger partial charge < -0.3 is 19.5 Å². The third-order valence-corrected chi connectivity index (χ3v) is 6.13. The number of fused-ring (bicyclic) bond motifs is 1. The van der Waals surface area contributed by atoms with Gasteiger partial charge in [0.05, 0.1) is 48.7 Å². The number of aromatic nitrogens is 3. The van der Waals surface area contributed by atoms with Gasteiger partial charge >= 0.3 is 5.97 Å². The molecule has 0 saturated carbocycles. The maximum absolute atomic E-state index is 12.4. The normalized spacial score (nSPS) is 15.3. The van der Waals surface area contributed by atoms with Gasteiger partial charge in [-0.15, -0.1) is 0 Å². The van der Waals surface area contributed by atoms with E-state index in [1.807, 2.05) is 25.1 Å². The first-order valence-corrected chi connectivity index (χ1v) is 11.1. The van der Waals surface area contributed by atoms with Crippen molar-refractivity contribution in [3.05, 3.63) is 42.4 Å². The molecule has 0 radical (unpaired) electrons. The van der Waals surface area contributed by atoms with Gasteiger partial charge in [-0.2, -0.15) is 10.4 Å². The fourth-order valence-electron chi connectivity index (χ4n) is 4.25. The van der Waals surface area contributed by atoms with Crippen molar-refractivity contribution in [2.75, 3.05) is 37.8 Å². The van der Waals surface area contributed by atoms with E-state index in [-0.39, 0.29) is 12.6 Å². The largest absolute Gasteiger partial charge is 0.492 e. The number of hydrogen-bond donors (Lipinski definition) is 1. The smallest absolute Gasteiger partial charge is 0.314 e. The average Bonchev–Trinajstić information content (AvgIpc) is 3.27. The second kappa shape index (κ2) is 9.46. The highest BCUT2D eigenvalue weighted by Gasteiger charge is 2.42. The number of hydrogen-bond acceptors (Lipinski definition) is 8. The monoisotopic (exact) mass is 449 g/mol. The number of carbonyl (C=O) groups excluding carboxylic acids is 1.